The number of nitrogens with one attached hydrogen (secondary N) is 1. The standard InChI is InChI=1S/C30H40N4O2/c1-32(2)16-17-33(3)21-23-8-10-25-11-9-24(19-27(25)18-23)22-34-14-12-28(13-15-34)31-30(35)26-6-5-7-29(20-26)36-4/h5-11,18-20,28H,12-17,21-22H2,1-4H3,(H,31,35). The molecule has 0 spiro atoms. The molecule has 0 saturated carbocycles. The van der Waals surface area contributed by atoms with Crippen LogP contribution in [0.1, 0.15) is 34.3 Å². The van der Waals surface area contributed by atoms with E-state index < -0.39 is 0 Å². The highest BCUT2D eigenvalue weighted by Crippen LogP contribution is 2.21. The molecule has 0 aromatic heterocycles. The average molecular weight is 489 g/mol. The van der Waals surface area contributed by atoms with E-state index in [2.05, 4.69) is 77.6 Å². The maximum absolute atomic E-state index is 12.7. The van der Waals surface area contributed by atoms with Crippen molar-refractivity contribution in [1.29, 1.82) is 0 Å². The molecule has 0 atom stereocenters. The first-order chi connectivity index (χ1) is 17.4. The minimum atomic E-state index is -0.0231. The summed E-state index contributed by atoms with van der Waals surface area (Å²) >= 11 is 0. The molecule has 0 unspecified atom stereocenters. The first-order valence-electron chi connectivity index (χ1n) is 12.9. The highest BCUT2D eigenvalue weighted by molar-refractivity contribution is 5.94. The lowest BCUT2D eigenvalue weighted by Gasteiger charge is -2.32. The van der Waals surface area contributed by atoms with Gasteiger partial charge in [0.2, 0.25) is 0 Å². The first kappa shape index (κ1) is 26.1. The Kier molecular flexibility index (Phi) is 8.97. The Morgan fingerprint density at radius 1 is 0.944 bits per heavy atom. The van der Waals surface area contributed by atoms with Crippen LogP contribution >= 0.6 is 0 Å². The van der Waals surface area contributed by atoms with Gasteiger partial charge in [-0.2, -0.15) is 0 Å². The molecule has 1 fully saturated rings. The number of amides is 1. The van der Waals surface area contributed by atoms with Crippen molar-refractivity contribution in [3.8, 4) is 5.75 Å². The molecule has 3 aromatic rings. The predicted molar refractivity (Wildman–Crippen MR) is 148 cm³/mol. The van der Waals surface area contributed by atoms with E-state index in [1.165, 1.54) is 21.9 Å². The highest BCUT2D eigenvalue weighted by atomic mass is 16.5. The van der Waals surface area contributed by atoms with Gasteiger partial charge in [0.15, 0.2) is 0 Å². The molecule has 1 aliphatic rings. The third-order valence-electron chi connectivity index (χ3n) is 7.01. The number of nitrogens with zero attached hydrogens (tertiary/aromatic N) is 3. The summed E-state index contributed by atoms with van der Waals surface area (Å²) in [5.74, 6) is 0.682. The van der Waals surface area contributed by atoms with Crippen molar-refractivity contribution in [1.82, 2.24) is 20.0 Å². The zero-order valence-corrected chi connectivity index (χ0v) is 22.2. The van der Waals surface area contributed by atoms with E-state index in [0.29, 0.717) is 11.3 Å². The van der Waals surface area contributed by atoms with Crippen LogP contribution in [-0.4, -0.2) is 81.1 Å². The number of carbonyl (C=O) groups excluding carboxylic acids is 1. The number of piperidine rings is 1. The topological polar surface area (TPSA) is 48.1 Å². The summed E-state index contributed by atoms with van der Waals surface area (Å²) in [6.45, 7) is 5.99. The Labute approximate surface area is 215 Å². The first-order valence-corrected chi connectivity index (χ1v) is 12.9. The third kappa shape index (κ3) is 7.29. The molecule has 1 N–H and O–H groups in total. The van der Waals surface area contributed by atoms with Crippen LogP contribution in [0.15, 0.2) is 60.7 Å². The van der Waals surface area contributed by atoms with E-state index in [9.17, 15) is 4.79 Å². The van der Waals surface area contributed by atoms with Gasteiger partial charge in [-0.15, -0.1) is 0 Å². The van der Waals surface area contributed by atoms with E-state index >= 15 is 0 Å². The van der Waals surface area contributed by atoms with Crippen molar-refractivity contribution in [3.05, 3.63) is 77.4 Å². The van der Waals surface area contributed by atoms with Gasteiger partial charge < -0.3 is 19.9 Å². The van der Waals surface area contributed by atoms with Crippen LogP contribution in [0.2, 0.25) is 0 Å². The number of methoxy groups -OCH3 is 1. The fourth-order valence-electron chi connectivity index (χ4n) is 4.83. The Balaban J connectivity index is 1.30. The molecular weight excluding hydrogens is 448 g/mol. The van der Waals surface area contributed by atoms with Crippen molar-refractivity contribution in [2.45, 2.75) is 32.0 Å². The Hall–Kier alpha value is -2.93. The second-order valence-corrected chi connectivity index (χ2v) is 10.3. The van der Waals surface area contributed by atoms with Crippen molar-refractivity contribution < 1.29 is 9.53 Å². The number of benzene rings is 3. The summed E-state index contributed by atoms with van der Waals surface area (Å²) in [5, 5.41) is 5.80. The maximum Gasteiger partial charge on any atom is 0.251 e. The van der Waals surface area contributed by atoms with E-state index in [1.54, 1.807) is 13.2 Å². The normalized spacial score (nSPS) is 15.1. The largest absolute Gasteiger partial charge is 0.497 e. The Morgan fingerprint density at radius 2 is 1.67 bits per heavy atom. The van der Waals surface area contributed by atoms with Crippen molar-refractivity contribution >= 4 is 16.7 Å². The van der Waals surface area contributed by atoms with Crippen LogP contribution in [0, 0.1) is 0 Å². The van der Waals surface area contributed by atoms with Crippen LogP contribution in [0.25, 0.3) is 10.8 Å². The molecular formula is C30H40N4O2. The van der Waals surface area contributed by atoms with Gasteiger partial charge in [-0.3, -0.25) is 9.69 Å². The molecule has 4 rings (SSSR count). The van der Waals surface area contributed by atoms with Gasteiger partial charge in [0.25, 0.3) is 5.91 Å². The quantitative estimate of drug-likeness (QED) is 0.463. The monoisotopic (exact) mass is 488 g/mol. The van der Waals surface area contributed by atoms with Crippen LogP contribution in [-0.2, 0) is 13.1 Å². The maximum atomic E-state index is 12.7. The van der Waals surface area contributed by atoms with Gasteiger partial charge in [0, 0.05) is 50.9 Å². The van der Waals surface area contributed by atoms with E-state index in [-0.39, 0.29) is 11.9 Å². The number of fused-ring (bicyclic) bond motifs is 1. The van der Waals surface area contributed by atoms with Crippen LogP contribution in [0.5, 0.6) is 5.75 Å². The van der Waals surface area contributed by atoms with Crippen LogP contribution in [0.4, 0.5) is 0 Å². The molecule has 0 radical (unpaired) electrons. The van der Waals surface area contributed by atoms with Gasteiger partial charge in [-0.25, -0.2) is 0 Å². The van der Waals surface area contributed by atoms with Gasteiger partial charge in [0.05, 0.1) is 7.11 Å². The fraction of sp³-hybridized carbons (Fsp3) is 0.433. The van der Waals surface area contributed by atoms with Gasteiger partial charge in [-0.1, -0.05) is 30.3 Å². The second-order valence-electron chi connectivity index (χ2n) is 10.3. The summed E-state index contributed by atoms with van der Waals surface area (Å²) in [6.07, 6.45) is 1.93. The minimum Gasteiger partial charge on any atom is -0.497 e. The van der Waals surface area contributed by atoms with Crippen LogP contribution < -0.4 is 10.1 Å². The van der Waals surface area contributed by atoms with Gasteiger partial charge in [0.1, 0.15) is 5.75 Å². The summed E-state index contributed by atoms with van der Waals surface area (Å²) in [6, 6.07) is 21.2. The van der Waals surface area contributed by atoms with Crippen LogP contribution in [0.3, 0.4) is 0 Å². The number of likely N-dealkylation sites (tertiary alicyclic amines) is 1. The summed E-state index contributed by atoms with van der Waals surface area (Å²) < 4.78 is 5.24. The lowest BCUT2D eigenvalue weighted by molar-refractivity contribution is 0.0908. The lowest BCUT2D eigenvalue weighted by atomic mass is 10.0. The molecule has 6 nitrogen and oxygen atoms in total. The molecule has 6 heteroatoms. The number of rotatable bonds is 10. The van der Waals surface area contributed by atoms with E-state index in [4.69, 9.17) is 4.74 Å². The highest BCUT2D eigenvalue weighted by Gasteiger charge is 2.21. The number of carbonyl (C=O) groups is 1. The molecule has 36 heavy (non-hydrogen) atoms. The number of ether oxygens (including phenoxy) is 1. The Bertz CT molecular complexity index is 1150. The fourth-order valence-corrected chi connectivity index (χ4v) is 4.83. The number of hydrogen-bond acceptors (Lipinski definition) is 5. The zero-order chi connectivity index (χ0) is 25.5. The molecule has 192 valence electrons. The SMILES string of the molecule is COc1cccc(C(=O)NC2CCN(Cc3ccc4ccc(CN(C)CCN(C)C)cc4c3)CC2)c1. The second kappa shape index (κ2) is 12.3. The van der Waals surface area contributed by atoms with Crippen molar-refractivity contribution in [2.75, 3.05) is 54.4 Å². The smallest absolute Gasteiger partial charge is 0.251 e. The summed E-state index contributed by atoms with van der Waals surface area (Å²) in [5.41, 5.74) is 3.35. The summed E-state index contributed by atoms with van der Waals surface area (Å²) in [4.78, 5) is 19.7. The predicted octanol–water partition coefficient (Wildman–Crippen LogP) is 4.24. The molecule has 3 aromatic carbocycles. The summed E-state index contributed by atoms with van der Waals surface area (Å²) in [7, 11) is 8.04. The van der Waals surface area contributed by atoms with Crippen molar-refractivity contribution in [3.63, 3.8) is 0 Å². The molecule has 1 heterocycles. The van der Waals surface area contributed by atoms with Gasteiger partial charge in [-0.05, 0) is 86.2 Å². The molecule has 1 amide bonds. The Morgan fingerprint density at radius 3 is 2.39 bits per heavy atom. The minimum absolute atomic E-state index is 0.0231. The average Bonchev–Trinajstić information content (AvgIpc) is 2.88. The van der Waals surface area contributed by atoms with Crippen molar-refractivity contribution in [2.24, 2.45) is 0 Å². The molecule has 0 bridgehead atoms. The lowest BCUT2D eigenvalue weighted by Crippen LogP contribution is -2.44. The number of likely N-dealkylation sites (N-methyl/N-ethyl adjacent to an activating group) is 2. The third-order valence-corrected chi connectivity index (χ3v) is 7.01. The van der Waals surface area contributed by atoms with E-state index in [0.717, 1.165) is 52.1 Å². The molecule has 1 aliphatic heterocycles. The van der Waals surface area contributed by atoms with E-state index in [1.807, 2.05) is 18.2 Å². The zero-order valence-electron chi connectivity index (χ0n) is 22.2. The molecule has 0 aliphatic carbocycles. The number of hydrogen-bond donors (Lipinski definition) is 1. The molecule has 1 saturated heterocycles. The van der Waals surface area contributed by atoms with Gasteiger partial charge >= 0.3 is 0 Å².